The van der Waals surface area contributed by atoms with Crippen molar-refractivity contribution in [2.24, 2.45) is 4.99 Å². The highest BCUT2D eigenvalue weighted by Crippen LogP contribution is 2.21. The van der Waals surface area contributed by atoms with Gasteiger partial charge in [0.25, 0.3) is 0 Å². The smallest absolute Gasteiger partial charge is 0.243 e. The largest absolute Gasteiger partial charge is 0.375 e. The number of rotatable bonds is 5. The van der Waals surface area contributed by atoms with E-state index in [9.17, 15) is 4.79 Å². The molecule has 8 heteroatoms. The summed E-state index contributed by atoms with van der Waals surface area (Å²) in [6.07, 6.45) is 4.15. The Bertz CT molecular complexity index is 439. The number of likely N-dealkylation sites (N-methyl/N-ethyl adjacent to an activating group) is 1. The van der Waals surface area contributed by atoms with E-state index in [4.69, 9.17) is 9.47 Å². The number of guanidine groups is 1. The van der Waals surface area contributed by atoms with Gasteiger partial charge in [0.15, 0.2) is 5.96 Å². The molecule has 2 atom stereocenters. The molecule has 2 rings (SSSR count). The van der Waals surface area contributed by atoms with Crippen molar-refractivity contribution in [3.63, 3.8) is 0 Å². The zero-order valence-corrected chi connectivity index (χ0v) is 16.9. The first-order valence-electron chi connectivity index (χ1n) is 8.19. The molecule has 0 bridgehead atoms. The van der Waals surface area contributed by atoms with Crippen molar-refractivity contribution in [1.82, 2.24) is 15.1 Å². The second-order valence-corrected chi connectivity index (χ2v) is 6.00. The van der Waals surface area contributed by atoms with E-state index in [1.165, 1.54) is 0 Å². The minimum Gasteiger partial charge on any atom is -0.375 e. The highest BCUT2D eigenvalue weighted by atomic mass is 127. The van der Waals surface area contributed by atoms with E-state index in [-0.39, 0.29) is 48.6 Å². The highest BCUT2D eigenvalue weighted by Gasteiger charge is 2.32. The maximum atomic E-state index is 11.8. The number of morpholine rings is 1. The monoisotopic (exact) mass is 452 g/mol. The van der Waals surface area contributed by atoms with Crippen LogP contribution in [0.4, 0.5) is 0 Å². The van der Waals surface area contributed by atoms with E-state index in [0.717, 1.165) is 38.5 Å². The predicted molar refractivity (Wildman–Crippen MR) is 105 cm³/mol. The molecular formula is C16H29IN4O3. The van der Waals surface area contributed by atoms with E-state index >= 15 is 0 Å². The van der Waals surface area contributed by atoms with Gasteiger partial charge in [-0.25, -0.2) is 4.99 Å². The molecule has 0 aromatic rings. The number of hydrogen-bond acceptors (Lipinski definition) is 4. The van der Waals surface area contributed by atoms with Gasteiger partial charge in [0, 0.05) is 40.3 Å². The molecule has 2 aliphatic rings. The van der Waals surface area contributed by atoms with E-state index < -0.39 is 0 Å². The van der Waals surface area contributed by atoms with Crippen molar-refractivity contribution in [3.8, 4) is 0 Å². The maximum Gasteiger partial charge on any atom is 0.243 e. The number of ether oxygens (including phenoxy) is 2. The summed E-state index contributed by atoms with van der Waals surface area (Å²) in [5, 5.41) is 3.24. The summed E-state index contributed by atoms with van der Waals surface area (Å²) in [6, 6.07) is 0. The molecule has 2 aliphatic heterocycles. The Kier molecular flexibility index (Phi) is 9.60. The maximum absolute atomic E-state index is 11.8. The van der Waals surface area contributed by atoms with Gasteiger partial charge in [0.1, 0.15) is 12.6 Å². The van der Waals surface area contributed by atoms with Gasteiger partial charge >= 0.3 is 0 Å². The lowest BCUT2D eigenvalue weighted by Gasteiger charge is -2.37. The Morgan fingerprint density at radius 2 is 2.12 bits per heavy atom. The molecule has 138 valence electrons. The Morgan fingerprint density at radius 1 is 1.38 bits per heavy atom. The van der Waals surface area contributed by atoms with Crippen LogP contribution in [0.15, 0.2) is 17.6 Å². The minimum atomic E-state index is -0.0214. The number of hydrogen-bond donors (Lipinski definition) is 1. The molecule has 2 fully saturated rings. The fourth-order valence-electron chi connectivity index (χ4n) is 2.70. The summed E-state index contributed by atoms with van der Waals surface area (Å²) in [4.78, 5) is 19.9. The lowest BCUT2D eigenvalue weighted by molar-refractivity contribution is -0.127. The van der Waals surface area contributed by atoms with Crippen LogP contribution in [-0.4, -0.2) is 87.4 Å². The molecule has 1 N–H and O–H groups in total. The first-order valence-corrected chi connectivity index (χ1v) is 8.19. The van der Waals surface area contributed by atoms with Crippen molar-refractivity contribution in [2.75, 3.05) is 53.5 Å². The van der Waals surface area contributed by atoms with Crippen LogP contribution in [0.1, 0.15) is 12.8 Å². The predicted octanol–water partition coefficient (Wildman–Crippen LogP) is 0.704. The molecule has 1 amide bonds. The van der Waals surface area contributed by atoms with E-state index in [1.807, 2.05) is 0 Å². The molecule has 0 radical (unpaired) electrons. The van der Waals surface area contributed by atoms with Crippen LogP contribution in [-0.2, 0) is 14.3 Å². The summed E-state index contributed by atoms with van der Waals surface area (Å²) in [5.41, 5.74) is 0. The summed E-state index contributed by atoms with van der Waals surface area (Å²) >= 11 is 0. The summed E-state index contributed by atoms with van der Waals surface area (Å²) < 4.78 is 11.6. The third-order valence-corrected chi connectivity index (χ3v) is 4.04. The van der Waals surface area contributed by atoms with Gasteiger partial charge in [0.2, 0.25) is 5.91 Å². The number of nitrogens with zero attached hydrogens (tertiary/aromatic N) is 3. The van der Waals surface area contributed by atoms with Crippen molar-refractivity contribution in [2.45, 2.75) is 25.0 Å². The summed E-state index contributed by atoms with van der Waals surface area (Å²) in [5.74, 6) is 0.707. The number of carbonyl (C=O) groups is 1. The molecule has 7 nitrogen and oxygen atoms in total. The van der Waals surface area contributed by atoms with Gasteiger partial charge in [-0.1, -0.05) is 6.08 Å². The molecule has 2 heterocycles. The lowest BCUT2D eigenvalue weighted by Crippen LogP contribution is -2.53. The second-order valence-electron chi connectivity index (χ2n) is 6.00. The van der Waals surface area contributed by atoms with E-state index in [2.05, 4.69) is 21.8 Å². The fourth-order valence-corrected chi connectivity index (χ4v) is 2.70. The van der Waals surface area contributed by atoms with Crippen molar-refractivity contribution in [3.05, 3.63) is 12.7 Å². The first kappa shape index (κ1) is 21.2. The van der Waals surface area contributed by atoms with Crippen LogP contribution < -0.4 is 5.32 Å². The molecule has 2 unspecified atom stereocenters. The van der Waals surface area contributed by atoms with Gasteiger partial charge in [-0.3, -0.25) is 4.79 Å². The number of aliphatic imine (C=N–C) groups is 1. The standard InChI is InChI=1S/C16H28N4O3.HI/c1-4-7-17-16(18-11-15(21)19(2)3)20-8-10-23-14(12-20)13-6-5-9-22-13;/h4,13-14H,1,5-12H2,2-3H3,(H,17,18);1H. The molecule has 0 aromatic carbocycles. The van der Waals surface area contributed by atoms with Crippen molar-refractivity contribution < 1.29 is 14.3 Å². The number of halogens is 1. The zero-order valence-electron chi connectivity index (χ0n) is 14.6. The molecule has 2 saturated heterocycles. The number of nitrogens with one attached hydrogen (secondary N) is 1. The van der Waals surface area contributed by atoms with Crippen molar-refractivity contribution >= 4 is 35.8 Å². The average Bonchev–Trinajstić information content (AvgIpc) is 3.09. The third kappa shape index (κ3) is 6.21. The van der Waals surface area contributed by atoms with Gasteiger partial charge in [-0.15, -0.1) is 30.6 Å². The van der Waals surface area contributed by atoms with Crippen LogP contribution in [0.2, 0.25) is 0 Å². The van der Waals surface area contributed by atoms with Gasteiger partial charge < -0.3 is 24.6 Å². The molecule has 0 spiro atoms. The average molecular weight is 452 g/mol. The quantitative estimate of drug-likeness (QED) is 0.288. The normalized spacial score (nSPS) is 24.2. The topological polar surface area (TPSA) is 66.4 Å². The van der Waals surface area contributed by atoms with Gasteiger partial charge in [0.05, 0.1) is 12.7 Å². The SMILES string of the molecule is C=CCNC(=NCC(=O)N(C)C)N1CCOC(C2CCCO2)C1.I. The second kappa shape index (κ2) is 10.9. The Morgan fingerprint density at radius 3 is 2.75 bits per heavy atom. The van der Waals surface area contributed by atoms with Crippen LogP contribution in [0.5, 0.6) is 0 Å². The molecule has 24 heavy (non-hydrogen) atoms. The van der Waals surface area contributed by atoms with E-state index in [0.29, 0.717) is 13.2 Å². The van der Waals surface area contributed by atoms with Crippen LogP contribution in [0.3, 0.4) is 0 Å². The van der Waals surface area contributed by atoms with Crippen LogP contribution >= 0.6 is 24.0 Å². The fraction of sp³-hybridized carbons (Fsp3) is 0.750. The van der Waals surface area contributed by atoms with Crippen LogP contribution in [0.25, 0.3) is 0 Å². The van der Waals surface area contributed by atoms with E-state index in [1.54, 1.807) is 25.1 Å². The Balaban J connectivity index is 0.00000288. The first-order chi connectivity index (χ1) is 11.1. The lowest BCUT2D eigenvalue weighted by atomic mass is 10.1. The third-order valence-electron chi connectivity index (χ3n) is 4.04. The molecule has 0 saturated carbocycles. The minimum absolute atomic E-state index is 0. The Labute approximate surface area is 161 Å². The molecular weight excluding hydrogens is 423 g/mol. The summed E-state index contributed by atoms with van der Waals surface area (Å²) in [6.45, 7) is 7.40. The van der Waals surface area contributed by atoms with Crippen LogP contribution in [0, 0.1) is 0 Å². The zero-order chi connectivity index (χ0) is 16.7. The number of amides is 1. The number of carbonyl (C=O) groups excluding carboxylic acids is 1. The highest BCUT2D eigenvalue weighted by molar-refractivity contribution is 14.0. The summed E-state index contributed by atoms with van der Waals surface area (Å²) in [7, 11) is 3.47. The van der Waals surface area contributed by atoms with Gasteiger partial charge in [-0.05, 0) is 12.8 Å². The Hall–Kier alpha value is -0.870. The molecule has 0 aromatic heterocycles. The van der Waals surface area contributed by atoms with Crippen molar-refractivity contribution in [1.29, 1.82) is 0 Å². The molecule has 0 aliphatic carbocycles. The van der Waals surface area contributed by atoms with Gasteiger partial charge in [-0.2, -0.15) is 0 Å².